The molecule has 0 aliphatic heterocycles. The number of hydrogen-bond donors (Lipinski definition) is 1. The van der Waals surface area contributed by atoms with E-state index >= 15 is 0 Å². The highest BCUT2D eigenvalue weighted by molar-refractivity contribution is 7.15. The van der Waals surface area contributed by atoms with Crippen LogP contribution in [0.1, 0.15) is 10.6 Å². The van der Waals surface area contributed by atoms with E-state index in [1.54, 1.807) is 6.92 Å². The molecule has 0 spiro atoms. The predicted molar refractivity (Wildman–Crippen MR) is 75.4 cm³/mol. The summed E-state index contributed by atoms with van der Waals surface area (Å²) in [6, 6.07) is 1.17. The maximum atomic E-state index is 11.9. The van der Waals surface area contributed by atoms with Gasteiger partial charge in [-0.05, 0) is 13.8 Å². The smallest absolute Gasteiger partial charge is 0.286 e. The topological polar surface area (TPSA) is 120 Å². The van der Waals surface area contributed by atoms with Gasteiger partial charge in [0.25, 0.3) is 11.2 Å². The first-order valence-electron chi connectivity index (χ1n) is 5.82. The summed E-state index contributed by atoms with van der Waals surface area (Å²) in [4.78, 5) is 33.9. The summed E-state index contributed by atoms with van der Waals surface area (Å²) < 4.78 is 0.997. The summed E-state index contributed by atoms with van der Waals surface area (Å²) >= 11 is 1.19. The van der Waals surface area contributed by atoms with Crippen LogP contribution in [0.25, 0.3) is 0 Å². The lowest BCUT2D eigenvalue weighted by molar-refractivity contribution is -0.385. The van der Waals surface area contributed by atoms with Gasteiger partial charge in [0.15, 0.2) is 0 Å². The van der Waals surface area contributed by atoms with Crippen LogP contribution in [0, 0.1) is 24.0 Å². The molecule has 2 aromatic heterocycles. The van der Waals surface area contributed by atoms with Gasteiger partial charge in [-0.1, -0.05) is 11.3 Å². The highest BCUT2D eigenvalue weighted by Gasteiger charge is 2.14. The van der Waals surface area contributed by atoms with Gasteiger partial charge in [0.1, 0.15) is 11.6 Å². The molecule has 0 radical (unpaired) electrons. The van der Waals surface area contributed by atoms with E-state index in [2.05, 4.69) is 15.5 Å². The highest BCUT2D eigenvalue weighted by atomic mass is 32.1. The molecular formula is C11H11N5O4S. The van der Waals surface area contributed by atoms with Crippen molar-refractivity contribution in [3.63, 3.8) is 0 Å². The maximum Gasteiger partial charge on any atom is 0.286 e. The molecule has 1 amide bonds. The fraction of sp³-hybridized carbons (Fsp3) is 0.273. The lowest BCUT2D eigenvalue weighted by Crippen LogP contribution is -2.28. The van der Waals surface area contributed by atoms with Crippen LogP contribution in [-0.2, 0) is 11.3 Å². The van der Waals surface area contributed by atoms with Crippen molar-refractivity contribution in [1.29, 1.82) is 0 Å². The molecule has 21 heavy (non-hydrogen) atoms. The minimum Gasteiger partial charge on any atom is -0.299 e. The van der Waals surface area contributed by atoms with Crippen LogP contribution in [0.3, 0.4) is 0 Å². The molecular weight excluding hydrogens is 298 g/mol. The standard InChI is InChI=1S/C11H11N5O4S/c1-6-3-8(16(19)20)4-15(10(6)18)5-9(17)12-11-14-13-7(2)21-11/h3-4H,5H2,1-2H3,(H,12,14,17). The number of pyridine rings is 1. The first kappa shape index (κ1) is 14.8. The second kappa shape index (κ2) is 5.79. The van der Waals surface area contributed by atoms with E-state index in [-0.39, 0.29) is 17.8 Å². The van der Waals surface area contributed by atoms with Crippen molar-refractivity contribution in [3.8, 4) is 0 Å². The molecule has 110 valence electrons. The minimum atomic E-state index is -0.616. The van der Waals surface area contributed by atoms with Gasteiger partial charge < -0.3 is 0 Å². The summed E-state index contributed by atoms with van der Waals surface area (Å²) in [5, 5.41) is 21.7. The van der Waals surface area contributed by atoms with Crippen molar-refractivity contribution in [2.24, 2.45) is 0 Å². The number of aromatic nitrogens is 3. The normalized spacial score (nSPS) is 10.4. The monoisotopic (exact) mass is 309 g/mol. The molecule has 2 aromatic rings. The van der Waals surface area contributed by atoms with E-state index in [9.17, 15) is 19.7 Å². The number of rotatable bonds is 4. The van der Waals surface area contributed by atoms with E-state index in [1.807, 2.05) is 0 Å². The summed E-state index contributed by atoms with van der Waals surface area (Å²) in [7, 11) is 0. The van der Waals surface area contributed by atoms with Gasteiger partial charge in [0.05, 0.1) is 11.1 Å². The van der Waals surface area contributed by atoms with Gasteiger partial charge in [-0.15, -0.1) is 10.2 Å². The first-order chi connectivity index (χ1) is 9.86. The number of nitrogens with one attached hydrogen (secondary N) is 1. The second-order valence-corrected chi connectivity index (χ2v) is 5.43. The third-order valence-electron chi connectivity index (χ3n) is 2.55. The van der Waals surface area contributed by atoms with E-state index in [0.29, 0.717) is 10.1 Å². The molecule has 0 aliphatic carbocycles. The average molecular weight is 309 g/mol. The number of amides is 1. The molecule has 0 bridgehead atoms. The molecule has 2 rings (SSSR count). The quantitative estimate of drug-likeness (QED) is 0.660. The molecule has 0 unspecified atom stereocenters. The Morgan fingerprint density at radius 1 is 1.48 bits per heavy atom. The average Bonchev–Trinajstić information content (AvgIpc) is 2.79. The van der Waals surface area contributed by atoms with Crippen LogP contribution in [-0.4, -0.2) is 25.6 Å². The lowest BCUT2D eigenvalue weighted by atomic mass is 10.3. The summed E-state index contributed by atoms with van der Waals surface area (Å²) in [6.07, 6.45) is 1.04. The number of carbonyl (C=O) groups is 1. The Balaban J connectivity index is 2.20. The fourth-order valence-corrected chi connectivity index (χ4v) is 2.25. The van der Waals surface area contributed by atoms with Gasteiger partial charge in [0, 0.05) is 11.6 Å². The molecule has 0 saturated heterocycles. The Morgan fingerprint density at radius 2 is 2.19 bits per heavy atom. The lowest BCUT2D eigenvalue weighted by Gasteiger charge is -2.06. The molecule has 1 N–H and O–H groups in total. The Hall–Kier alpha value is -2.62. The van der Waals surface area contributed by atoms with Crippen LogP contribution < -0.4 is 10.9 Å². The third kappa shape index (κ3) is 3.48. The van der Waals surface area contributed by atoms with Crippen LogP contribution in [0.15, 0.2) is 17.1 Å². The third-order valence-corrected chi connectivity index (χ3v) is 3.30. The molecule has 0 aromatic carbocycles. The Morgan fingerprint density at radius 3 is 2.76 bits per heavy atom. The number of nitro groups is 1. The van der Waals surface area contributed by atoms with Gasteiger partial charge in [0.2, 0.25) is 11.0 Å². The molecule has 9 nitrogen and oxygen atoms in total. The zero-order chi connectivity index (χ0) is 15.6. The van der Waals surface area contributed by atoms with Crippen molar-refractivity contribution in [2.45, 2.75) is 20.4 Å². The SMILES string of the molecule is Cc1nnc(NC(=O)Cn2cc([N+](=O)[O-])cc(C)c2=O)s1. The molecule has 0 saturated carbocycles. The fourth-order valence-electron chi connectivity index (χ4n) is 1.64. The van der Waals surface area contributed by atoms with Crippen molar-refractivity contribution in [1.82, 2.24) is 14.8 Å². The number of nitrogens with zero attached hydrogens (tertiary/aromatic N) is 4. The maximum absolute atomic E-state index is 11.9. The van der Waals surface area contributed by atoms with Gasteiger partial charge >= 0.3 is 0 Å². The van der Waals surface area contributed by atoms with Crippen LogP contribution in [0.2, 0.25) is 0 Å². The molecule has 2 heterocycles. The van der Waals surface area contributed by atoms with E-state index in [0.717, 1.165) is 10.8 Å². The first-order valence-corrected chi connectivity index (χ1v) is 6.64. The molecule has 0 fully saturated rings. The second-order valence-electron chi connectivity index (χ2n) is 4.25. The van der Waals surface area contributed by atoms with E-state index in [1.165, 1.54) is 24.3 Å². The zero-order valence-corrected chi connectivity index (χ0v) is 12.0. The minimum absolute atomic E-state index is 0.198. The highest BCUT2D eigenvalue weighted by Crippen LogP contribution is 2.14. The van der Waals surface area contributed by atoms with Crippen molar-refractivity contribution >= 4 is 28.1 Å². The van der Waals surface area contributed by atoms with Crippen LogP contribution in [0.4, 0.5) is 10.8 Å². The van der Waals surface area contributed by atoms with Gasteiger partial charge in [-0.2, -0.15) is 0 Å². The van der Waals surface area contributed by atoms with Crippen molar-refractivity contribution in [2.75, 3.05) is 5.32 Å². The Kier molecular flexibility index (Phi) is 4.08. The van der Waals surface area contributed by atoms with Gasteiger partial charge in [-0.25, -0.2) is 0 Å². The number of carbonyl (C=O) groups excluding carboxylic acids is 1. The molecule has 0 atom stereocenters. The van der Waals surface area contributed by atoms with E-state index < -0.39 is 16.4 Å². The van der Waals surface area contributed by atoms with Crippen LogP contribution in [0.5, 0.6) is 0 Å². The molecule has 10 heteroatoms. The Labute approximate surface area is 122 Å². The summed E-state index contributed by atoms with van der Waals surface area (Å²) in [5.74, 6) is -0.506. The number of anilines is 1. The van der Waals surface area contributed by atoms with Gasteiger partial charge in [-0.3, -0.25) is 29.6 Å². The van der Waals surface area contributed by atoms with Crippen molar-refractivity contribution < 1.29 is 9.72 Å². The largest absolute Gasteiger partial charge is 0.299 e. The number of aryl methyl sites for hydroxylation is 2. The van der Waals surface area contributed by atoms with Crippen LogP contribution >= 0.6 is 11.3 Å². The van der Waals surface area contributed by atoms with Crippen molar-refractivity contribution in [3.05, 3.63) is 43.3 Å². The summed E-state index contributed by atoms with van der Waals surface area (Å²) in [6.45, 7) is 2.86. The van der Waals surface area contributed by atoms with E-state index in [4.69, 9.17) is 0 Å². The zero-order valence-electron chi connectivity index (χ0n) is 11.2. The number of hydrogen-bond acceptors (Lipinski definition) is 7. The Bertz CT molecular complexity index is 766. The molecule has 0 aliphatic rings. The summed E-state index contributed by atoms with van der Waals surface area (Å²) in [5.41, 5.74) is -0.500. The predicted octanol–water partition coefficient (Wildman–Crippen LogP) is 0.864.